The fourth-order valence-corrected chi connectivity index (χ4v) is 2.74. The molecule has 1 aromatic carbocycles. The topological polar surface area (TPSA) is 82.3 Å². The standard InChI is InChI=1S/C17H16F3N3O4S/c1-4-22-14(24)12(21-13(28)15(25)27-3)9(2)23(16(22)26)11-7-5-6-10(8-11)17(18,19)20/h5-8H,4H2,1-3H3,(H,21,28). The van der Waals surface area contributed by atoms with Crippen molar-refractivity contribution >= 4 is 28.9 Å². The number of carbonyl (C=O) groups excluding carboxylic acids is 1. The van der Waals surface area contributed by atoms with E-state index in [0.717, 1.165) is 34.4 Å². The lowest BCUT2D eigenvalue weighted by atomic mass is 10.2. The number of aromatic nitrogens is 2. The zero-order valence-electron chi connectivity index (χ0n) is 15.1. The lowest BCUT2D eigenvalue weighted by Gasteiger charge is -2.18. The summed E-state index contributed by atoms with van der Waals surface area (Å²) in [5.41, 5.74) is -2.85. The van der Waals surface area contributed by atoms with E-state index in [0.29, 0.717) is 0 Å². The number of hydrogen-bond donors (Lipinski definition) is 1. The second-order valence-corrected chi connectivity index (χ2v) is 6.03. The SMILES string of the molecule is CCn1c(=O)c(NC(=S)C(=O)OC)c(C)n(-c2cccc(C(F)(F)F)c2)c1=O. The van der Waals surface area contributed by atoms with Gasteiger partial charge in [-0.15, -0.1) is 0 Å². The first-order valence-corrected chi connectivity index (χ1v) is 8.37. The number of methoxy groups -OCH3 is 1. The fourth-order valence-electron chi connectivity index (χ4n) is 2.56. The number of rotatable bonds is 3. The van der Waals surface area contributed by atoms with Gasteiger partial charge < -0.3 is 10.1 Å². The van der Waals surface area contributed by atoms with E-state index in [4.69, 9.17) is 12.2 Å². The summed E-state index contributed by atoms with van der Waals surface area (Å²) in [6.07, 6.45) is -4.61. The van der Waals surface area contributed by atoms with Crippen LogP contribution >= 0.6 is 12.2 Å². The maximum atomic E-state index is 13.0. The fraction of sp³-hybridized carbons (Fsp3) is 0.294. The van der Waals surface area contributed by atoms with E-state index in [-0.39, 0.29) is 23.6 Å². The van der Waals surface area contributed by atoms with Crippen molar-refractivity contribution in [2.45, 2.75) is 26.6 Å². The predicted octanol–water partition coefficient (Wildman–Crippen LogP) is 2.26. The van der Waals surface area contributed by atoms with Gasteiger partial charge in [-0.2, -0.15) is 13.2 Å². The number of ether oxygens (including phenoxy) is 1. The first-order chi connectivity index (χ1) is 13.0. The van der Waals surface area contributed by atoms with Crippen LogP contribution in [0, 0.1) is 6.92 Å². The molecule has 0 amide bonds. The largest absolute Gasteiger partial charge is 0.464 e. The van der Waals surface area contributed by atoms with Crippen molar-refractivity contribution < 1.29 is 22.7 Å². The third-order valence-corrected chi connectivity index (χ3v) is 4.20. The highest BCUT2D eigenvalue weighted by atomic mass is 32.1. The zero-order chi connectivity index (χ0) is 21.2. The summed E-state index contributed by atoms with van der Waals surface area (Å²) in [4.78, 5) is 36.4. The smallest absolute Gasteiger partial charge is 0.416 e. The molecule has 0 bridgehead atoms. The van der Waals surface area contributed by atoms with Crippen molar-refractivity contribution in [2.24, 2.45) is 0 Å². The van der Waals surface area contributed by atoms with Crippen molar-refractivity contribution in [2.75, 3.05) is 12.4 Å². The molecular weight excluding hydrogens is 399 g/mol. The Bertz CT molecular complexity index is 1060. The number of benzene rings is 1. The number of carbonyl (C=O) groups is 1. The molecular formula is C17H16F3N3O4S. The van der Waals surface area contributed by atoms with Crippen LogP contribution < -0.4 is 16.6 Å². The summed E-state index contributed by atoms with van der Waals surface area (Å²) >= 11 is 4.85. The summed E-state index contributed by atoms with van der Waals surface area (Å²) in [5, 5.41) is 2.43. The first-order valence-electron chi connectivity index (χ1n) is 7.96. The van der Waals surface area contributed by atoms with Crippen LogP contribution in [-0.2, 0) is 22.3 Å². The molecule has 1 N–H and O–H groups in total. The average Bonchev–Trinajstić information content (AvgIpc) is 2.64. The zero-order valence-corrected chi connectivity index (χ0v) is 15.9. The Balaban J connectivity index is 2.77. The molecule has 0 unspecified atom stereocenters. The van der Waals surface area contributed by atoms with E-state index < -0.39 is 33.9 Å². The predicted molar refractivity (Wildman–Crippen MR) is 99.9 cm³/mol. The van der Waals surface area contributed by atoms with Gasteiger partial charge in [-0.05, 0) is 32.0 Å². The van der Waals surface area contributed by atoms with Gasteiger partial charge in [0.05, 0.1) is 24.1 Å². The highest BCUT2D eigenvalue weighted by Crippen LogP contribution is 2.30. The van der Waals surface area contributed by atoms with Gasteiger partial charge in [0.25, 0.3) is 5.56 Å². The van der Waals surface area contributed by atoms with E-state index in [1.807, 2.05) is 0 Å². The molecule has 0 atom stereocenters. The number of esters is 1. The quantitative estimate of drug-likeness (QED) is 0.612. The minimum Gasteiger partial charge on any atom is -0.464 e. The summed E-state index contributed by atoms with van der Waals surface area (Å²) in [6.45, 7) is 2.83. The molecule has 28 heavy (non-hydrogen) atoms. The van der Waals surface area contributed by atoms with Crippen LogP contribution in [0.15, 0.2) is 33.9 Å². The Morgan fingerprint density at radius 3 is 2.46 bits per heavy atom. The number of alkyl halides is 3. The van der Waals surface area contributed by atoms with Gasteiger partial charge in [-0.3, -0.25) is 13.9 Å². The maximum Gasteiger partial charge on any atom is 0.416 e. The molecule has 0 saturated heterocycles. The van der Waals surface area contributed by atoms with E-state index in [2.05, 4.69) is 10.1 Å². The Kier molecular flexibility index (Phi) is 6.07. The normalized spacial score (nSPS) is 11.2. The van der Waals surface area contributed by atoms with Gasteiger partial charge in [-0.1, -0.05) is 18.3 Å². The molecule has 0 saturated carbocycles. The van der Waals surface area contributed by atoms with E-state index in [1.54, 1.807) is 0 Å². The van der Waals surface area contributed by atoms with Gasteiger partial charge in [0.1, 0.15) is 5.69 Å². The molecule has 2 aromatic rings. The van der Waals surface area contributed by atoms with E-state index in [1.165, 1.54) is 19.9 Å². The van der Waals surface area contributed by atoms with E-state index >= 15 is 0 Å². The third-order valence-electron chi connectivity index (χ3n) is 3.94. The lowest BCUT2D eigenvalue weighted by Crippen LogP contribution is -2.42. The van der Waals surface area contributed by atoms with Crippen LogP contribution in [0.4, 0.5) is 18.9 Å². The van der Waals surface area contributed by atoms with Crippen LogP contribution in [0.25, 0.3) is 5.69 Å². The molecule has 0 aliphatic rings. The van der Waals surface area contributed by atoms with Crippen molar-refractivity contribution in [3.05, 3.63) is 56.4 Å². The molecule has 0 fully saturated rings. The molecule has 0 aliphatic carbocycles. The summed E-state index contributed by atoms with van der Waals surface area (Å²) in [7, 11) is 1.09. The third kappa shape index (κ3) is 3.98. The number of anilines is 1. The van der Waals surface area contributed by atoms with Crippen LogP contribution in [0.5, 0.6) is 0 Å². The van der Waals surface area contributed by atoms with Crippen LogP contribution in [0.3, 0.4) is 0 Å². The summed E-state index contributed by atoms with van der Waals surface area (Å²) in [6, 6.07) is 4.11. The van der Waals surface area contributed by atoms with Crippen molar-refractivity contribution in [3.63, 3.8) is 0 Å². The molecule has 1 heterocycles. The summed E-state index contributed by atoms with van der Waals surface area (Å²) in [5.74, 6) is -0.909. The molecule has 0 aliphatic heterocycles. The number of hydrogen-bond acceptors (Lipinski definition) is 5. The number of nitrogens with zero attached hydrogens (tertiary/aromatic N) is 2. The number of halogens is 3. The van der Waals surface area contributed by atoms with Crippen molar-refractivity contribution in [3.8, 4) is 5.69 Å². The van der Waals surface area contributed by atoms with Crippen molar-refractivity contribution in [1.82, 2.24) is 9.13 Å². The van der Waals surface area contributed by atoms with Gasteiger partial charge in [0.15, 0.2) is 4.99 Å². The Morgan fingerprint density at radius 2 is 1.93 bits per heavy atom. The van der Waals surface area contributed by atoms with Gasteiger partial charge in [-0.25, -0.2) is 9.59 Å². The Labute approximate surface area is 162 Å². The Morgan fingerprint density at radius 1 is 1.29 bits per heavy atom. The molecule has 7 nitrogen and oxygen atoms in total. The first kappa shape index (κ1) is 21.4. The molecule has 1 aromatic heterocycles. The lowest BCUT2D eigenvalue weighted by molar-refractivity contribution is -0.137. The highest BCUT2D eigenvalue weighted by Gasteiger charge is 2.31. The van der Waals surface area contributed by atoms with Gasteiger partial charge in [0.2, 0.25) is 0 Å². The molecule has 2 rings (SSSR count). The second kappa shape index (κ2) is 7.97. The monoisotopic (exact) mass is 415 g/mol. The molecule has 11 heteroatoms. The highest BCUT2D eigenvalue weighted by molar-refractivity contribution is 7.82. The number of nitrogens with one attached hydrogen (secondary N) is 1. The average molecular weight is 415 g/mol. The minimum absolute atomic E-state index is 0.00900. The van der Waals surface area contributed by atoms with Crippen LogP contribution in [-0.4, -0.2) is 27.2 Å². The van der Waals surface area contributed by atoms with Gasteiger partial charge >= 0.3 is 17.8 Å². The minimum atomic E-state index is -4.61. The summed E-state index contributed by atoms with van der Waals surface area (Å²) < 4.78 is 45.4. The van der Waals surface area contributed by atoms with E-state index in [9.17, 15) is 27.6 Å². The van der Waals surface area contributed by atoms with Crippen LogP contribution in [0.2, 0.25) is 0 Å². The van der Waals surface area contributed by atoms with Crippen LogP contribution in [0.1, 0.15) is 18.2 Å². The number of thiocarbonyl (C=S) groups is 1. The molecule has 150 valence electrons. The van der Waals surface area contributed by atoms with Crippen molar-refractivity contribution in [1.29, 1.82) is 0 Å². The molecule has 0 radical (unpaired) electrons. The maximum absolute atomic E-state index is 13.0. The van der Waals surface area contributed by atoms with Gasteiger partial charge in [0, 0.05) is 6.54 Å². The second-order valence-electron chi connectivity index (χ2n) is 5.62. The molecule has 0 spiro atoms. The Hall–Kier alpha value is -2.95.